The zero-order valence-electron chi connectivity index (χ0n) is 17.6. The molecule has 1 aromatic heterocycles. The molecular weight excluding hydrogens is 364 g/mol. The van der Waals surface area contributed by atoms with Gasteiger partial charge >= 0.3 is 0 Å². The maximum Gasteiger partial charge on any atom is 0.239 e. The standard InChI is InChI=1S/C23H28N4O2/c1-16(26-9-10-27-17(2)24-13-21(27)15-26)23(28)25(3)14-18-5-6-20-12-22(29-4)8-7-19(20)11-18/h5-8,11-13,16H,9-10,14-15H2,1-4H3. The molecule has 1 amide bonds. The van der Waals surface area contributed by atoms with Gasteiger partial charge in [0.15, 0.2) is 0 Å². The molecule has 0 N–H and O–H groups in total. The highest BCUT2D eigenvalue weighted by molar-refractivity contribution is 5.85. The summed E-state index contributed by atoms with van der Waals surface area (Å²) in [6.45, 7) is 7.14. The van der Waals surface area contributed by atoms with Crippen LogP contribution < -0.4 is 4.74 Å². The topological polar surface area (TPSA) is 50.6 Å². The quantitative estimate of drug-likeness (QED) is 0.669. The van der Waals surface area contributed by atoms with Crippen LogP contribution in [0.2, 0.25) is 0 Å². The maximum atomic E-state index is 13.1. The molecule has 152 valence electrons. The van der Waals surface area contributed by atoms with Crippen LogP contribution in [0.4, 0.5) is 0 Å². The molecule has 1 aliphatic heterocycles. The number of carbonyl (C=O) groups is 1. The number of aromatic nitrogens is 2. The number of aryl methyl sites for hydroxylation is 1. The fourth-order valence-corrected chi connectivity index (χ4v) is 4.12. The summed E-state index contributed by atoms with van der Waals surface area (Å²) in [5.41, 5.74) is 2.30. The Labute approximate surface area is 171 Å². The number of benzene rings is 2. The van der Waals surface area contributed by atoms with E-state index < -0.39 is 0 Å². The average molecular weight is 393 g/mol. The van der Waals surface area contributed by atoms with Crippen LogP contribution in [0.5, 0.6) is 5.75 Å². The fraction of sp³-hybridized carbons (Fsp3) is 0.391. The zero-order chi connectivity index (χ0) is 20.5. The Morgan fingerprint density at radius 1 is 1.21 bits per heavy atom. The van der Waals surface area contributed by atoms with Gasteiger partial charge in [-0.25, -0.2) is 4.98 Å². The Kier molecular flexibility index (Phi) is 5.28. The SMILES string of the molecule is COc1ccc2cc(CN(C)C(=O)C(C)N3CCn4c(cnc4C)C3)ccc2c1. The Morgan fingerprint density at radius 3 is 2.76 bits per heavy atom. The number of hydrogen-bond acceptors (Lipinski definition) is 4. The number of rotatable bonds is 5. The van der Waals surface area contributed by atoms with Crippen molar-refractivity contribution in [2.45, 2.75) is 39.5 Å². The first-order chi connectivity index (χ1) is 14.0. The van der Waals surface area contributed by atoms with Gasteiger partial charge in [0.2, 0.25) is 5.91 Å². The normalized spacial score (nSPS) is 15.2. The van der Waals surface area contributed by atoms with Gasteiger partial charge in [-0.2, -0.15) is 0 Å². The maximum absolute atomic E-state index is 13.1. The first-order valence-electron chi connectivity index (χ1n) is 10.0. The van der Waals surface area contributed by atoms with Crippen molar-refractivity contribution in [3.8, 4) is 5.75 Å². The van der Waals surface area contributed by atoms with Crippen LogP contribution in [0, 0.1) is 6.92 Å². The molecule has 1 atom stereocenters. The number of carbonyl (C=O) groups excluding carboxylic acids is 1. The van der Waals surface area contributed by atoms with Gasteiger partial charge in [-0.1, -0.05) is 18.2 Å². The summed E-state index contributed by atoms with van der Waals surface area (Å²) in [6.07, 6.45) is 1.92. The molecule has 0 saturated heterocycles. The molecule has 1 aliphatic rings. The van der Waals surface area contributed by atoms with E-state index in [-0.39, 0.29) is 11.9 Å². The number of likely N-dealkylation sites (N-methyl/N-ethyl adjacent to an activating group) is 1. The molecular formula is C23H28N4O2. The molecule has 0 bridgehead atoms. The minimum Gasteiger partial charge on any atom is -0.497 e. The first-order valence-corrected chi connectivity index (χ1v) is 10.0. The summed E-state index contributed by atoms with van der Waals surface area (Å²) in [5.74, 6) is 2.04. The molecule has 2 heterocycles. The number of imidazole rings is 1. The van der Waals surface area contributed by atoms with Crippen molar-refractivity contribution in [3.05, 3.63) is 59.7 Å². The molecule has 0 spiro atoms. The van der Waals surface area contributed by atoms with Gasteiger partial charge in [-0.05, 0) is 48.4 Å². The molecule has 0 radical (unpaired) electrons. The fourth-order valence-electron chi connectivity index (χ4n) is 4.12. The van der Waals surface area contributed by atoms with Crippen LogP contribution in [0.15, 0.2) is 42.6 Å². The lowest BCUT2D eigenvalue weighted by molar-refractivity contribution is -0.136. The van der Waals surface area contributed by atoms with Gasteiger partial charge in [0, 0.05) is 39.4 Å². The molecule has 4 rings (SSSR count). The van der Waals surface area contributed by atoms with Gasteiger partial charge in [0.1, 0.15) is 11.6 Å². The predicted octanol–water partition coefficient (Wildman–Crippen LogP) is 3.22. The third-order valence-corrected chi connectivity index (χ3v) is 5.93. The van der Waals surface area contributed by atoms with Crippen LogP contribution in [0.3, 0.4) is 0 Å². The number of methoxy groups -OCH3 is 1. The van der Waals surface area contributed by atoms with Crippen molar-refractivity contribution in [2.24, 2.45) is 0 Å². The van der Waals surface area contributed by atoms with Crippen molar-refractivity contribution >= 4 is 16.7 Å². The number of nitrogens with zero attached hydrogens (tertiary/aromatic N) is 4. The summed E-state index contributed by atoms with van der Waals surface area (Å²) in [7, 11) is 3.56. The Balaban J connectivity index is 1.43. The summed E-state index contributed by atoms with van der Waals surface area (Å²) in [5, 5.41) is 2.28. The Morgan fingerprint density at radius 2 is 1.97 bits per heavy atom. The van der Waals surface area contributed by atoms with E-state index in [1.54, 1.807) is 7.11 Å². The van der Waals surface area contributed by atoms with Crippen LogP contribution in [0.25, 0.3) is 10.8 Å². The Hall–Kier alpha value is -2.86. The molecule has 6 heteroatoms. The molecule has 1 unspecified atom stereocenters. The predicted molar refractivity (Wildman–Crippen MR) is 114 cm³/mol. The first kappa shape index (κ1) is 19.5. The summed E-state index contributed by atoms with van der Waals surface area (Å²) < 4.78 is 7.53. The lowest BCUT2D eigenvalue weighted by atomic mass is 10.1. The summed E-state index contributed by atoms with van der Waals surface area (Å²) in [4.78, 5) is 21.5. The summed E-state index contributed by atoms with van der Waals surface area (Å²) >= 11 is 0. The van der Waals surface area contributed by atoms with E-state index in [0.29, 0.717) is 6.54 Å². The van der Waals surface area contributed by atoms with Crippen molar-refractivity contribution in [2.75, 3.05) is 20.7 Å². The zero-order valence-corrected chi connectivity index (χ0v) is 17.6. The third kappa shape index (κ3) is 3.85. The van der Waals surface area contributed by atoms with Crippen molar-refractivity contribution in [3.63, 3.8) is 0 Å². The van der Waals surface area contributed by atoms with E-state index in [1.165, 1.54) is 5.69 Å². The molecule has 29 heavy (non-hydrogen) atoms. The number of ether oxygens (including phenoxy) is 1. The average Bonchev–Trinajstić information content (AvgIpc) is 3.12. The van der Waals surface area contributed by atoms with E-state index in [1.807, 2.05) is 44.1 Å². The lowest BCUT2D eigenvalue weighted by Crippen LogP contribution is -2.48. The summed E-state index contributed by atoms with van der Waals surface area (Å²) in [6, 6.07) is 12.2. The van der Waals surface area contributed by atoms with Crippen molar-refractivity contribution in [1.29, 1.82) is 0 Å². The van der Waals surface area contributed by atoms with Crippen LogP contribution in [-0.2, 0) is 24.4 Å². The molecule has 3 aromatic rings. The molecule has 0 aliphatic carbocycles. The van der Waals surface area contributed by atoms with E-state index in [4.69, 9.17) is 4.74 Å². The smallest absolute Gasteiger partial charge is 0.239 e. The van der Waals surface area contributed by atoms with E-state index in [9.17, 15) is 4.79 Å². The molecule has 6 nitrogen and oxygen atoms in total. The van der Waals surface area contributed by atoms with Crippen LogP contribution in [-0.4, -0.2) is 52.0 Å². The van der Waals surface area contributed by atoms with Crippen molar-refractivity contribution < 1.29 is 9.53 Å². The van der Waals surface area contributed by atoms with Crippen LogP contribution in [0.1, 0.15) is 24.0 Å². The Bertz CT molecular complexity index is 1040. The van der Waals surface area contributed by atoms with Gasteiger partial charge in [0.25, 0.3) is 0 Å². The molecule has 0 fully saturated rings. The van der Waals surface area contributed by atoms with E-state index in [2.05, 4.69) is 38.7 Å². The van der Waals surface area contributed by atoms with Crippen LogP contribution >= 0.6 is 0 Å². The second-order valence-corrected chi connectivity index (χ2v) is 7.84. The highest BCUT2D eigenvalue weighted by Gasteiger charge is 2.28. The van der Waals surface area contributed by atoms with Gasteiger partial charge < -0.3 is 14.2 Å². The number of fused-ring (bicyclic) bond motifs is 2. The highest BCUT2D eigenvalue weighted by Crippen LogP contribution is 2.23. The van der Waals surface area contributed by atoms with Gasteiger partial charge in [-0.15, -0.1) is 0 Å². The minimum atomic E-state index is -0.159. The third-order valence-electron chi connectivity index (χ3n) is 5.93. The van der Waals surface area contributed by atoms with Gasteiger partial charge in [0.05, 0.1) is 18.8 Å². The van der Waals surface area contributed by atoms with E-state index >= 15 is 0 Å². The van der Waals surface area contributed by atoms with E-state index in [0.717, 1.165) is 47.5 Å². The molecule has 2 aromatic carbocycles. The van der Waals surface area contributed by atoms with Crippen molar-refractivity contribution in [1.82, 2.24) is 19.4 Å². The van der Waals surface area contributed by atoms with Gasteiger partial charge in [-0.3, -0.25) is 9.69 Å². The second-order valence-electron chi connectivity index (χ2n) is 7.84. The number of amides is 1. The largest absolute Gasteiger partial charge is 0.497 e. The lowest BCUT2D eigenvalue weighted by Gasteiger charge is -2.34. The minimum absolute atomic E-state index is 0.143. The molecule has 0 saturated carbocycles. The second kappa shape index (κ2) is 7.87. The number of hydrogen-bond donors (Lipinski definition) is 0. The highest BCUT2D eigenvalue weighted by atomic mass is 16.5. The monoisotopic (exact) mass is 392 g/mol.